The molecule has 1 aromatic carbocycles. The molecular weight excluding hydrogens is 945 g/mol. The van der Waals surface area contributed by atoms with Crippen LogP contribution in [0.4, 0.5) is 0 Å². The van der Waals surface area contributed by atoms with Gasteiger partial charge in [0.1, 0.15) is 54.1 Å². The van der Waals surface area contributed by atoms with Crippen LogP contribution in [0, 0.1) is 11.8 Å². The number of aliphatic hydroxyl groups excluding tert-OH is 1. The Labute approximate surface area is 417 Å². The fourth-order valence-electron chi connectivity index (χ4n) is 7.54. The van der Waals surface area contributed by atoms with Crippen molar-refractivity contribution in [3.8, 4) is 5.75 Å². The maximum absolute atomic E-state index is 14.3. The van der Waals surface area contributed by atoms with Crippen LogP contribution >= 0.6 is 0 Å². The van der Waals surface area contributed by atoms with Crippen LogP contribution in [-0.2, 0) is 54.4 Å². The van der Waals surface area contributed by atoms with Gasteiger partial charge >= 0.3 is 11.9 Å². The van der Waals surface area contributed by atoms with E-state index in [-0.39, 0.29) is 62.8 Å². The van der Waals surface area contributed by atoms with Gasteiger partial charge in [0.05, 0.1) is 12.1 Å². The zero-order valence-corrected chi connectivity index (χ0v) is 41.8. The number of aliphatic carboxylic acids is 2. The highest BCUT2D eigenvalue weighted by Crippen LogP contribution is 2.19. The molecule has 1 aromatic rings. The van der Waals surface area contributed by atoms with Crippen LogP contribution in [0.2, 0.25) is 0 Å². The highest BCUT2D eigenvalue weighted by atomic mass is 16.4. The van der Waals surface area contributed by atoms with Gasteiger partial charge in [-0.1, -0.05) is 39.8 Å². The fourth-order valence-corrected chi connectivity index (χ4v) is 7.54. The third kappa shape index (κ3) is 20.3. The van der Waals surface area contributed by atoms with Gasteiger partial charge in [-0.25, -0.2) is 0 Å². The Morgan fingerprint density at radius 2 is 1.22 bits per heavy atom. The number of benzene rings is 1. The Morgan fingerprint density at radius 3 is 1.75 bits per heavy atom. The van der Waals surface area contributed by atoms with Crippen molar-refractivity contribution in [1.82, 2.24) is 42.1 Å². The van der Waals surface area contributed by atoms with Gasteiger partial charge in [-0.05, 0) is 88.8 Å². The van der Waals surface area contributed by atoms with Crippen LogP contribution in [-0.4, -0.2) is 164 Å². The lowest BCUT2D eigenvalue weighted by atomic mass is 9.99. The van der Waals surface area contributed by atoms with Crippen LogP contribution in [0.25, 0.3) is 0 Å². The Morgan fingerprint density at radius 1 is 0.694 bits per heavy atom. The van der Waals surface area contributed by atoms with Gasteiger partial charge in [0.25, 0.3) is 0 Å². The molecule has 1 fully saturated rings. The molecule has 1 aliphatic rings. The lowest BCUT2D eigenvalue weighted by molar-refractivity contribution is -0.142. The summed E-state index contributed by atoms with van der Waals surface area (Å²) < 4.78 is 0. The average Bonchev–Trinajstić information content (AvgIpc) is 3.79. The number of phenols is 1. The quantitative estimate of drug-likeness (QED) is 0.0213. The van der Waals surface area contributed by atoms with Crippen molar-refractivity contribution in [1.29, 1.82) is 0 Å². The second kappa shape index (κ2) is 29.3. The Kier molecular flexibility index (Phi) is 24.8. The van der Waals surface area contributed by atoms with Crippen molar-refractivity contribution in [2.75, 3.05) is 13.1 Å². The van der Waals surface area contributed by atoms with E-state index in [0.29, 0.717) is 12.0 Å². The second-order valence-corrected chi connectivity index (χ2v) is 18.6. The number of amides is 8. The lowest BCUT2D eigenvalue weighted by Crippen LogP contribution is -2.62. The molecular formula is C46H74N12O14. The van der Waals surface area contributed by atoms with E-state index in [4.69, 9.17) is 17.2 Å². The molecule has 2 rings (SSSR count). The summed E-state index contributed by atoms with van der Waals surface area (Å²) in [5.41, 5.74) is 17.2. The molecule has 72 heavy (non-hydrogen) atoms. The first kappa shape index (κ1) is 61.0. The lowest BCUT2D eigenvalue weighted by Gasteiger charge is -2.30. The molecule has 402 valence electrons. The van der Waals surface area contributed by atoms with E-state index in [1.54, 1.807) is 13.8 Å². The summed E-state index contributed by atoms with van der Waals surface area (Å²) in [7, 11) is 0. The van der Waals surface area contributed by atoms with Gasteiger partial charge < -0.3 is 79.7 Å². The number of aliphatic imine (C=N–C) groups is 1. The fraction of sp³-hybridized carbons (Fsp3) is 0.630. The van der Waals surface area contributed by atoms with Crippen LogP contribution in [0.5, 0.6) is 5.75 Å². The van der Waals surface area contributed by atoms with E-state index >= 15 is 0 Å². The maximum atomic E-state index is 14.3. The largest absolute Gasteiger partial charge is 0.508 e. The molecule has 0 aromatic heterocycles. The zero-order valence-electron chi connectivity index (χ0n) is 41.8. The predicted molar refractivity (Wildman–Crippen MR) is 260 cm³/mol. The Hall–Kier alpha value is -7.09. The summed E-state index contributed by atoms with van der Waals surface area (Å²) in [6.07, 6.45) is -2.05. The monoisotopic (exact) mass is 1020 g/mol. The predicted octanol–water partition coefficient (Wildman–Crippen LogP) is -3.23. The molecule has 0 saturated carbocycles. The summed E-state index contributed by atoms with van der Waals surface area (Å²) in [4.78, 5) is 138. The summed E-state index contributed by atoms with van der Waals surface area (Å²) >= 11 is 0. The first-order valence-electron chi connectivity index (χ1n) is 23.8. The number of guanidine groups is 1. The second-order valence-electron chi connectivity index (χ2n) is 18.6. The number of phenolic OH excluding ortho intramolecular Hbond substituents is 1. The third-order valence-corrected chi connectivity index (χ3v) is 11.5. The third-order valence-electron chi connectivity index (χ3n) is 11.5. The molecule has 0 radical (unpaired) electrons. The molecule has 1 aliphatic heterocycles. The minimum Gasteiger partial charge on any atom is -0.508 e. The van der Waals surface area contributed by atoms with E-state index in [9.17, 15) is 68.4 Å². The number of hydrogen-bond donors (Lipinski definition) is 14. The number of carboxylic acid groups (broad SMARTS) is 2. The van der Waals surface area contributed by atoms with E-state index in [2.05, 4.69) is 42.2 Å². The van der Waals surface area contributed by atoms with Gasteiger partial charge in [0.2, 0.25) is 47.3 Å². The van der Waals surface area contributed by atoms with E-state index in [0.717, 1.165) is 0 Å². The number of aromatic hydroxyl groups is 1. The molecule has 0 bridgehead atoms. The van der Waals surface area contributed by atoms with Gasteiger partial charge in [0, 0.05) is 25.9 Å². The minimum atomic E-state index is -1.80. The Balaban J connectivity index is 2.44. The molecule has 8 amide bonds. The van der Waals surface area contributed by atoms with Crippen molar-refractivity contribution in [2.24, 2.45) is 34.0 Å². The van der Waals surface area contributed by atoms with Gasteiger partial charge in [-0.2, -0.15) is 0 Å². The van der Waals surface area contributed by atoms with Crippen LogP contribution in [0.1, 0.15) is 99.0 Å². The van der Waals surface area contributed by atoms with Crippen LogP contribution in [0.3, 0.4) is 0 Å². The average molecular weight is 1020 g/mol. The van der Waals surface area contributed by atoms with E-state index < -0.39 is 138 Å². The SMILES string of the molecule is CC(C)C[C@H](NC(=O)[C@H](CCC(=O)O)NC(=O)[C@@H](NC(=O)[C@@H](NC(=O)[C@H](Cc1ccc(O)cc1)NC(=O)[C@H](CCCN=C(N)N)NC(=O)[C@@H]1CCCN1C(=O)[C@H](C)N)[C@@H](C)O)C(C)C)C(=O)N[C@@H](C)C(=O)O. The van der Waals surface area contributed by atoms with Gasteiger partial charge in [-0.15, -0.1) is 0 Å². The van der Waals surface area contributed by atoms with Crippen molar-refractivity contribution in [3.63, 3.8) is 0 Å². The standard InChI is InChI=1S/C46H74N12O14/c1-22(2)20-31(39(65)51-25(6)45(71)72)54-38(64)30(16-17-34(61)62)53-42(68)35(23(3)4)56-43(69)36(26(7)59)57-40(66)32(21-27-12-14-28(60)15-13-27)55-37(63)29(10-8-18-50-46(48)49)52-41(67)33-11-9-19-58(33)44(70)24(5)47/h12-15,22-26,29-33,35-36,59-60H,8-11,16-21,47H2,1-7H3,(H,51,65)(H,52,67)(H,53,68)(H,54,64)(H,55,63)(H,56,69)(H,57,66)(H,61,62)(H,71,72)(H4,48,49,50)/t24-,25-,26+,29-,30-,31-,32-,33-,35-,36-/m0/s1. The smallest absolute Gasteiger partial charge is 0.325 e. The van der Waals surface area contributed by atoms with Crippen LogP contribution in [0.15, 0.2) is 29.3 Å². The topological polar surface area (TPSA) is 429 Å². The normalized spacial score (nSPS) is 17.0. The van der Waals surface area contributed by atoms with Gasteiger partial charge in [0.15, 0.2) is 5.96 Å². The number of carbonyl (C=O) groups is 10. The number of nitrogens with two attached hydrogens (primary N) is 3. The zero-order chi connectivity index (χ0) is 54.6. The van der Waals surface area contributed by atoms with Crippen molar-refractivity contribution >= 4 is 65.2 Å². The van der Waals surface area contributed by atoms with Crippen molar-refractivity contribution in [2.45, 2.75) is 160 Å². The minimum absolute atomic E-state index is 0.0372. The summed E-state index contributed by atoms with van der Waals surface area (Å²) in [6, 6.07) is -6.58. The molecule has 0 spiro atoms. The molecule has 0 aliphatic carbocycles. The summed E-state index contributed by atoms with van der Waals surface area (Å²) in [5, 5.41) is 56.9. The number of carboxylic acids is 2. The molecule has 1 saturated heterocycles. The highest BCUT2D eigenvalue weighted by molar-refractivity contribution is 5.98. The molecule has 1 heterocycles. The maximum Gasteiger partial charge on any atom is 0.325 e. The van der Waals surface area contributed by atoms with Crippen molar-refractivity contribution in [3.05, 3.63) is 29.8 Å². The number of rotatable bonds is 29. The number of carbonyl (C=O) groups excluding carboxylic acids is 8. The number of nitrogens with zero attached hydrogens (tertiary/aromatic N) is 2. The summed E-state index contributed by atoms with van der Waals surface area (Å²) in [5.74, 6) is -10.8. The number of aliphatic hydroxyl groups is 1. The van der Waals surface area contributed by atoms with Crippen LogP contribution < -0.4 is 54.4 Å². The molecule has 10 atom stereocenters. The van der Waals surface area contributed by atoms with Gasteiger partial charge in [-0.3, -0.25) is 52.9 Å². The Bertz CT molecular complexity index is 2100. The molecule has 17 N–H and O–H groups in total. The number of hydrogen-bond acceptors (Lipinski definition) is 14. The van der Waals surface area contributed by atoms with Crippen molar-refractivity contribution < 1.29 is 68.4 Å². The molecule has 26 heteroatoms. The summed E-state index contributed by atoms with van der Waals surface area (Å²) in [6.45, 7) is 10.7. The first-order chi connectivity index (χ1) is 33.6. The van der Waals surface area contributed by atoms with E-state index in [1.807, 2.05) is 0 Å². The molecule has 26 nitrogen and oxygen atoms in total. The first-order valence-corrected chi connectivity index (χ1v) is 23.8. The number of nitrogens with one attached hydrogen (secondary N) is 7. The molecule has 0 unspecified atom stereocenters. The van der Waals surface area contributed by atoms with E-state index in [1.165, 1.54) is 63.8 Å². The number of likely N-dealkylation sites (tertiary alicyclic amines) is 1. The highest BCUT2D eigenvalue weighted by Gasteiger charge is 2.39.